The fourth-order valence-electron chi connectivity index (χ4n) is 3.04. The second-order valence-corrected chi connectivity index (χ2v) is 8.39. The predicted octanol–water partition coefficient (Wildman–Crippen LogP) is 2.78. The van der Waals surface area contributed by atoms with Gasteiger partial charge in [0.2, 0.25) is 10.0 Å². The Balaban J connectivity index is 2.93. The summed E-state index contributed by atoms with van der Waals surface area (Å²) in [6, 6.07) is 9.62. The number of ether oxygens (including phenoxy) is 1. The molecule has 7 nitrogen and oxygen atoms in total. The molecular weight excluding hydrogens is 368 g/mol. The highest BCUT2D eigenvalue weighted by Gasteiger charge is 2.28. The molecule has 154 valence electrons. The Kier molecular flexibility index (Phi) is 11.2. The van der Waals surface area contributed by atoms with E-state index in [0.29, 0.717) is 13.0 Å². The molecular formula is C19H32N2O5S. The number of nitrogens with one attached hydrogen (secondary N) is 2. The van der Waals surface area contributed by atoms with E-state index in [4.69, 9.17) is 9.94 Å². The van der Waals surface area contributed by atoms with Crippen molar-refractivity contribution in [1.82, 2.24) is 10.2 Å². The summed E-state index contributed by atoms with van der Waals surface area (Å²) in [5.74, 6) is -1.18. The quantitative estimate of drug-likeness (QED) is 0.253. The van der Waals surface area contributed by atoms with Gasteiger partial charge in [-0.1, -0.05) is 62.9 Å². The van der Waals surface area contributed by atoms with E-state index < -0.39 is 22.5 Å². The lowest BCUT2D eigenvalue weighted by molar-refractivity contribution is -0.127. The molecule has 0 saturated heterocycles. The van der Waals surface area contributed by atoms with E-state index in [1.165, 1.54) is 5.48 Å². The van der Waals surface area contributed by atoms with Crippen LogP contribution in [0.3, 0.4) is 0 Å². The molecule has 0 aliphatic carbocycles. The van der Waals surface area contributed by atoms with Crippen molar-refractivity contribution in [3.05, 3.63) is 35.9 Å². The number of sulfonamides is 1. The van der Waals surface area contributed by atoms with Gasteiger partial charge in [0.05, 0.1) is 18.4 Å². The largest absolute Gasteiger partial charge is 0.373 e. The monoisotopic (exact) mass is 400 g/mol. The van der Waals surface area contributed by atoms with E-state index in [0.717, 1.165) is 31.2 Å². The number of hydrogen-bond donors (Lipinski definition) is 3. The van der Waals surface area contributed by atoms with Crippen LogP contribution in [0.25, 0.3) is 0 Å². The molecule has 0 aromatic heterocycles. The second kappa shape index (κ2) is 12.8. The van der Waals surface area contributed by atoms with Gasteiger partial charge in [-0.3, -0.25) is 10.0 Å². The van der Waals surface area contributed by atoms with Gasteiger partial charge in [0.25, 0.3) is 5.91 Å². The number of rotatable bonds is 14. The number of amides is 1. The summed E-state index contributed by atoms with van der Waals surface area (Å²) in [4.78, 5) is 11.1. The molecule has 0 aliphatic heterocycles. The first-order valence-electron chi connectivity index (χ1n) is 9.50. The second-order valence-electron chi connectivity index (χ2n) is 6.53. The Morgan fingerprint density at radius 1 is 1.15 bits per heavy atom. The molecule has 2 unspecified atom stereocenters. The van der Waals surface area contributed by atoms with Crippen molar-refractivity contribution in [3.63, 3.8) is 0 Å². The summed E-state index contributed by atoms with van der Waals surface area (Å²) in [5.41, 5.74) is 2.36. The third-order valence-corrected chi connectivity index (χ3v) is 5.79. The van der Waals surface area contributed by atoms with E-state index >= 15 is 0 Å². The molecule has 27 heavy (non-hydrogen) atoms. The lowest BCUT2D eigenvalue weighted by atomic mass is 9.92. The Morgan fingerprint density at radius 3 is 2.44 bits per heavy atom. The smallest absolute Gasteiger partial charge is 0.258 e. The molecule has 8 heteroatoms. The molecule has 2 atom stereocenters. The van der Waals surface area contributed by atoms with Crippen molar-refractivity contribution in [1.29, 1.82) is 0 Å². The first kappa shape index (κ1) is 23.6. The molecule has 1 aromatic rings. The first-order valence-corrected chi connectivity index (χ1v) is 11.2. The molecule has 0 bridgehead atoms. The number of hydrogen-bond acceptors (Lipinski definition) is 5. The van der Waals surface area contributed by atoms with Gasteiger partial charge in [-0.15, -0.1) is 0 Å². The van der Waals surface area contributed by atoms with Crippen LogP contribution in [0, 0.1) is 5.92 Å². The maximum Gasteiger partial charge on any atom is 0.258 e. The third kappa shape index (κ3) is 9.32. The highest BCUT2D eigenvalue weighted by Crippen LogP contribution is 2.31. The van der Waals surface area contributed by atoms with Gasteiger partial charge in [-0.05, 0) is 18.9 Å². The zero-order valence-corrected chi connectivity index (χ0v) is 17.0. The van der Waals surface area contributed by atoms with Crippen LogP contribution in [0.2, 0.25) is 0 Å². The average Bonchev–Trinajstić information content (AvgIpc) is 2.67. The summed E-state index contributed by atoms with van der Waals surface area (Å²) >= 11 is 0. The molecule has 0 aliphatic rings. The molecule has 0 saturated carbocycles. The summed E-state index contributed by atoms with van der Waals surface area (Å²) in [5, 5.41) is 8.53. The number of unbranched alkanes of at least 4 members (excludes halogenated alkanes) is 3. The Bertz CT molecular complexity index is 637. The summed E-state index contributed by atoms with van der Waals surface area (Å²) in [7, 11) is -3.70. The molecule has 1 amide bonds. The SMILES string of the molecule is CCCCCCC(CS(=O)(=O)NCC(=O)NO)C(OCC)c1ccccc1. The number of hydroxylamine groups is 1. The van der Waals surface area contributed by atoms with Crippen molar-refractivity contribution in [3.8, 4) is 0 Å². The molecule has 1 rings (SSSR count). The van der Waals surface area contributed by atoms with E-state index in [2.05, 4.69) is 11.6 Å². The normalized spacial score (nSPS) is 13.9. The minimum atomic E-state index is -3.70. The van der Waals surface area contributed by atoms with Gasteiger partial charge < -0.3 is 4.74 Å². The van der Waals surface area contributed by atoms with E-state index in [9.17, 15) is 13.2 Å². The molecule has 3 N–H and O–H groups in total. The van der Waals surface area contributed by atoms with Crippen LogP contribution in [0.4, 0.5) is 0 Å². The van der Waals surface area contributed by atoms with Crippen LogP contribution < -0.4 is 10.2 Å². The lowest BCUT2D eigenvalue weighted by Gasteiger charge is -2.27. The van der Waals surface area contributed by atoms with Gasteiger partial charge in [-0.2, -0.15) is 0 Å². The standard InChI is InChI=1S/C19H32N2O5S/c1-3-5-6-8-13-17(15-27(24,25)20-14-18(22)21-23)19(26-4-2)16-11-9-7-10-12-16/h7,9-12,17,19-20,23H,3-6,8,13-15H2,1-2H3,(H,21,22). The Morgan fingerprint density at radius 2 is 1.85 bits per heavy atom. The van der Waals surface area contributed by atoms with Crippen LogP contribution in [0.1, 0.15) is 57.6 Å². The van der Waals surface area contributed by atoms with Crippen LogP contribution in [0.15, 0.2) is 30.3 Å². The van der Waals surface area contributed by atoms with Crippen LogP contribution >= 0.6 is 0 Å². The number of benzene rings is 1. The zero-order valence-electron chi connectivity index (χ0n) is 16.2. The maximum atomic E-state index is 12.5. The Labute approximate surface area is 162 Å². The van der Waals surface area contributed by atoms with E-state index in [1.807, 2.05) is 37.3 Å². The van der Waals surface area contributed by atoms with E-state index in [-0.39, 0.29) is 17.8 Å². The van der Waals surface area contributed by atoms with Gasteiger partial charge >= 0.3 is 0 Å². The van der Waals surface area contributed by atoms with Crippen molar-refractivity contribution >= 4 is 15.9 Å². The summed E-state index contributed by atoms with van der Waals surface area (Å²) < 4.78 is 33.1. The van der Waals surface area contributed by atoms with Gasteiger partial charge in [0.1, 0.15) is 0 Å². The Hall–Kier alpha value is -1.48. The van der Waals surface area contributed by atoms with Crippen molar-refractivity contribution < 1.29 is 23.2 Å². The van der Waals surface area contributed by atoms with Crippen molar-refractivity contribution in [2.75, 3.05) is 18.9 Å². The van der Waals surface area contributed by atoms with Gasteiger partial charge in [0, 0.05) is 12.5 Å². The predicted molar refractivity (Wildman–Crippen MR) is 105 cm³/mol. The highest BCUT2D eigenvalue weighted by atomic mass is 32.2. The summed E-state index contributed by atoms with van der Waals surface area (Å²) in [6.07, 6.45) is 4.56. The minimum Gasteiger partial charge on any atom is -0.373 e. The average molecular weight is 401 g/mol. The first-order chi connectivity index (χ1) is 12.9. The fourth-order valence-corrected chi connectivity index (χ4v) is 4.41. The molecule has 1 aromatic carbocycles. The van der Waals surface area contributed by atoms with Crippen molar-refractivity contribution in [2.24, 2.45) is 5.92 Å². The topological polar surface area (TPSA) is 105 Å². The van der Waals surface area contributed by atoms with Gasteiger partial charge in [-0.25, -0.2) is 18.6 Å². The van der Waals surface area contributed by atoms with Crippen molar-refractivity contribution in [2.45, 2.75) is 52.1 Å². The third-order valence-electron chi connectivity index (χ3n) is 4.34. The molecule has 0 heterocycles. The molecule has 0 spiro atoms. The van der Waals surface area contributed by atoms with Gasteiger partial charge in [0.15, 0.2) is 0 Å². The minimum absolute atomic E-state index is 0.141. The fraction of sp³-hybridized carbons (Fsp3) is 0.632. The van der Waals surface area contributed by atoms with Crippen LogP contribution in [-0.2, 0) is 19.6 Å². The van der Waals surface area contributed by atoms with Crippen LogP contribution in [-0.4, -0.2) is 38.4 Å². The van der Waals surface area contributed by atoms with Crippen LogP contribution in [0.5, 0.6) is 0 Å². The summed E-state index contributed by atoms with van der Waals surface area (Å²) in [6.45, 7) is 4.00. The molecule has 0 radical (unpaired) electrons. The maximum absolute atomic E-state index is 12.5. The molecule has 0 fully saturated rings. The lowest BCUT2D eigenvalue weighted by Crippen LogP contribution is -2.39. The number of carbonyl (C=O) groups excluding carboxylic acids is 1. The van der Waals surface area contributed by atoms with E-state index in [1.54, 1.807) is 0 Å². The number of carbonyl (C=O) groups is 1. The zero-order chi connectivity index (χ0) is 20.1. The highest BCUT2D eigenvalue weighted by molar-refractivity contribution is 7.89.